The second kappa shape index (κ2) is 8.43. The summed E-state index contributed by atoms with van der Waals surface area (Å²) in [5.41, 5.74) is 6.40. The van der Waals surface area contributed by atoms with Crippen molar-refractivity contribution in [2.45, 2.75) is 13.8 Å². The molecule has 1 amide bonds. The molecule has 0 aliphatic rings. The van der Waals surface area contributed by atoms with Crippen LogP contribution in [0.25, 0.3) is 0 Å². The van der Waals surface area contributed by atoms with Crippen molar-refractivity contribution in [2.75, 3.05) is 39.0 Å². The Labute approximate surface area is 134 Å². The summed E-state index contributed by atoms with van der Waals surface area (Å²) < 4.78 is 5.20. The average molecular weight is 329 g/mol. The Balaban J connectivity index is 2.96. The van der Waals surface area contributed by atoms with Crippen molar-refractivity contribution in [3.63, 3.8) is 0 Å². The molecule has 2 N–H and O–H groups in total. The number of likely N-dealkylation sites (N-methyl/N-ethyl adjacent to an activating group) is 2. The first-order valence-electron chi connectivity index (χ1n) is 6.98. The lowest BCUT2D eigenvalue weighted by Crippen LogP contribution is -2.37. The third-order valence-electron chi connectivity index (χ3n) is 3.33. The third-order valence-corrected chi connectivity index (χ3v) is 3.65. The fraction of sp³-hybridized carbons (Fsp3) is 0.500. The van der Waals surface area contributed by atoms with Crippen LogP contribution >= 0.6 is 11.6 Å². The molecular formula is C14H21ClN4O3. The zero-order valence-corrected chi connectivity index (χ0v) is 13.8. The van der Waals surface area contributed by atoms with E-state index in [2.05, 4.69) is 5.29 Å². The molecule has 1 rings (SSSR count). The predicted octanol–water partition coefficient (Wildman–Crippen LogP) is 2.40. The Hall–Kier alpha value is -2.02. The Morgan fingerprint density at radius 1 is 1.32 bits per heavy atom. The Morgan fingerprint density at radius 2 is 2.00 bits per heavy atom. The van der Waals surface area contributed by atoms with Crippen LogP contribution in [0.4, 0.5) is 5.69 Å². The van der Waals surface area contributed by atoms with Crippen LogP contribution in [0.3, 0.4) is 0 Å². The second-order valence-corrected chi connectivity index (χ2v) is 4.99. The molecule has 0 fully saturated rings. The topological polar surface area (TPSA) is 88.2 Å². The quantitative estimate of drug-likeness (QED) is 0.449. The van der Waals surface area contributed by atoms with Gasteiger partial charge in [0.1, 0.15) is 5.75 Å². The predicted molar refractivity (Wildman–Crippen MR) is 87.0 cm³/mol. The number of nitrogens with zero attached hydrogens (tertiary/aromatic N) is 3. The van der Waals surface area contributed by atoms with Crippen molar-refractivity contribution in [3.05, 3.63) is 27.6 Å². The number of nitroso groups, excluding NO2 is 1. The van der Waals surface area contributed by atoms with E-state index >= 15 is 0 Å². The first-order chi connectivity index (χ1) is 10.5. The van der Waals surface area contributed by atoms with Crippen LogP contribution in [-0.4, -0.2) is 49.1 Å². The van der Waals surface area contributed by atoms with Gasteiger partial charge in [-0.2, -0.15) is 0 Å². The molecule has 22 heavy (non-hydrogen) atoms. The van der Waals surface area contributed by atoms with Crippen molar-refractivity contribution in [2.24, 2.45) is 5.29 Å². The van der Waals surface area contributed by atoms with Gasteiger partial charge >= 0.3 is 0 Å². The molecular weight excluding hydrogens is 308 g/mol. The summed E-state index contributed by atoms with van der Waals surface area (Å²) in [5.74, 6) is 0.134. The highest BCUT2D eigenvalue weighted by molar-refractivity contribution is 6.33. The molecule has 0 atom stereocenters. The molecule has 0 aliphatic carbocycles. The van der Waals surface area contributed by atoms with Gasteiger partial charge in [-0.05, 0) is 19.9 Å². The number of methoxy groups -OCH3 is 1. The number of nitrogen functional groups attached to an aromatic ring is 1. The number of carbonyl (C=O) groups is 1. The van der Waals surface area contributed by atoms with E-state index in [0.717, 1.165) is 0 Å². The number of benzene rings is 1. The molecule has 0 spiro atoms. The lowest BCUT2D eigenvalue weighted by molar-refractivity contribution is 0.0742. The zero-order valence-electron chi connectivity index (χ0n) is 13.0. The van der Waals surface area contributed by atoms with Crippen molar-refractivity contribution >= 4 is 23.2 Å². The van der Waals surface area contributed by atoms with Gasteiger partial charge in [-0.3, -0.25) is 9.80 Å². The minimum absolute atomic E-state index is 0.233. The summed E-state index contributed by atoms with van der Waals surface area (Å²) in [7, 11) is 1.46. The highest BCUT2D eigenvalue weighted by Crippen LogP contribution is 2.29. The van der Waals surface area contributed by atoms with Crippen LogP contribution in [0.1, 0.15) is 24.2 Å². The smallest absolute Gasteiger partial charge is 0.257 e. The van der Waals surface area contributed by atoms with Crippen molar-refractivity contribution in [1.82, 2.24) is 9.91 Å². The molecule has 0 saturated carbocycles. The van der Waals surface area contributed by atoms with Gasteiger partial charge in [0, 0.05) is 25.7 Å². The van der Waals surface area contributed by atoms with E-state index in [4.69, 9.17) is 22.1 Å². The number of nitrogens with two attached hydrogens (primary N) is 1. The number of hydrogen-bond acceptors (Lipinski definition) is 5. The molecule has 0 unspecified atom stereocenters. The maximum atomic E-state index is 12.6. The first-order valence-corrected chi connectivity index (χ1v) is 7.36. The van der Waals surface area contributed by atoms with E-state index in [0.29, 0.717) is 48.2 Å². The van der Waals surface area contributed by atoms with Crippen molar-refractivity contribution in [1.29, 1.82) is 0 Å². The van der Waals surface area contributed by atoms with Gasteiger partial charge in [-0.15, -0.1) is 4.91 Å². The van der Waals surface area contributed by atoms with Crippen LogP contribution in [0.2, 0.25) is 5.02 Å². The van der Waals surface area contributed by atoms with Gasteiger partial charge in [-0.1, -0.05) is 11.6 Å². The minimum atomic E-state index is -0.233. The fourth-order valence-corrected chi connectivity index (χ4v) is 2.14. The number of anilines is 1. The number of rotatable bonds is 8. The molecule has 122 valence electrons. The van der Waals surface area contributed by atoms with E-state index in [1.807, 2.05) is 13.8 Å². The Kier molecular flexibility index (Phi) is 6.91. The number of halogens is 1. The number of hydrogen-bond donors (Lipinski definition) is 1. The van der Waals surface area contributed by atoms with Crippen molar-refractivity contribution in [3.8, 4) is 5.75 Å². The molecule has 7 nitrogen and oxygen atoms in total. The molecule has 0 aliphatic heterocycles. The monoisotopic (exact) mass is 328 g/mol. The molecule has 0 heterocycles. The van der Waals surface area contributed by atoms with Gasteiger partial charge in [0.05, 0.1) is 35.2 Å². The summed E-state index contributed by atoms with van der Waals surface area (Å²) in [5, 5.41) is 4.53. The molecule has 1 aromatic carbocycles. The van der Waals surface area contributed by atoms with Gasteiger partial charge in [0.15, 0.2) is 0 Å². The highest BCUT2D eigenvalue weighted by Gasteiger charge is 2.20. The maximum absolute atomic E-state index is 12.6. The lowest BCUT2D eigenvalue weighted by atomic mass is 10.1. The standard InChI is InChI=1S/C14H21ClN4O3/c1-4-18(6-7-19(5-2)17-21)14(20)10-8-11(15)12(16)9-13(10)22-3/h8-9H,4-7,16H2,1-3H3. The summed E-state index contributed by atoms with van der Waals surface area (Å²) in [6.45, 7) is 5.40. The molecule has 0 radical (unpaired) electrons. The number of ether oxygens (including phenoxy) is 1. The normalized spacial score (nSPS) is 10.2. The van der Waals surface area contributed by atoms with Gasteiger partial charge in [-0.25, -0.2) is 0 Å². The number of carbonyl (C=O) groups excluding carboxylic acids is 1. The van der Waals surface area contributed by atoms with Crippen LogP contribution < -0.4 is 10.5 Å². The third kappa shape index (κ3) is 4.24. The first kappa shape index (κ1) is 18.0. The largest absolute Gasteiger partial charge is 0.496 e. The molecule has 0 saturated heterocycles. The van der Waals surface area contributed by atoms with Crippen LogP contribution in [0.15, 0.2) is 17.4 Å². The highest BCUT2D eigenvalue weighted by atomic mass is 35.5. The van der Waals surface area contributed by atoms with Crippen LogP contribution in [0, 0.1) is 4.91 Å². The summed E-state index contributed by atoms with van der Waals surface area (Å²) in [4.78, 5) is 24.8. The average Bonchev–Trinajstić information content (AvgIpc) is 2.53. The number of amides is 1. The lowest BCUT2D eigenvalue weighted by Gasteiger charge is -2.24. The molecule has 0 bridgehead atoms. The molecule has 0 aromatic heterocycles. The Morgan fingerprint density at radius 3 is 2.50 bits per heavy atom. The summed E-state index contributed by atoms with van der Waals surface area (Å²) >= 11 is 5.99. The summed E-state index contributed by atoms with van der Waals surface area (Å²) in [6, 6.07) is 3.02. The van der Waals surface area contributed by atoms with Crippen LogP contribution in [0.5, 0.6) is 5.75 Å². The molecule has 1 aromatic rings. The van der Waals surface area contributed by atoms with E-state index in [1.165, 1.54) is 24.3 Å². The second-order valence-electron chi connectivity index (χ2n) is 4.59. The van der Waals surface area contributed by atoms with Gasteiger partial charge < -0.3 is 15.4 Å². The zero-order chi connectivity index (χ0) is 16.7. The Bertz CT molecular complexity index is 539. The summed E-state index contributed by atoms with van der Waals surface area (Å²) in [6.07, 6.45) is 0. The van der Waals surface area contributed by atoms with Crippen molar-refractivity contribution < 1.29 is 9.53 Å². The fourth-order valence-electron chi connectivity index (χ4n) is 1.97. The van der Waals surface area contributed by atoms with Gasteiger partial charge in [0.2, 0.25) is 0 Å². The minimum Gasteiger partial charge on any atom is -0.496 e. The van der Waals surface area contributed by atoms with E-state index < -0.39 is 0 Å². The van der Waals surface area contributed by atoms with Crippen LogP contribution in [-0.2, 0) is 0 Å². The van der Waals surface area contributed by atoms with E-state index in [-0.39, 0.29) is 5.91 Å². The maximum Gasteiger partial charge on any atom is 0.257 e. The van der Waals surface area contributed by atoms with E-state index in [1.54, 1.807) is 4.90 Å². The van der Waals surface area contributed by atoms with E-state index in [9.17, 15) is 9.70 Å². The molecule has 8 heteroatoms. The van der Waals surface area contributed by atoms with Gasteiger partial charge in [0.25, 0.3) is 5.91 Å². The SMILES string of the molecule is CCN(CCN(CC)C(=O)c1cc(Cl)c(N)cc1OC)N=O.